The number of amides is 1. The molecule has 5 nitrogen and oxygen atoms in total. The molecular formula is C17H26N2O3S2. The molecule has 0 radical (unpaired) electrons. The van der Waals surface area contributed by atoms with Crippen molar-refractivity contribution in [3.8, 4) is 0 Å². The van der Waals surface area contributed by atoms with Crippen LogP contribution in [-0.4, -0.2) is 49.2 Å². The highest BCUT2D eigenvalue weighted by molar-refractivity contribution is 7.91. The van der Waals surface area contributed by atoms with Gasteiger partial charge >= 0.3 is 0 Å². The van der Waals surface area contributed by atoms with Crippen LogP contribution in [0.2, 0.25) is 0 Å². The summed E-state index contributed by atoms with van der Waals surface area (Å²) in [6, 6.07) is 3.75. The molecule has 3 rings (SSSR count). The molecule has 0 aromatic carbocycles. The van der Waals surface area contributed by atoms with E-state index in [1.165, 1.54) is 28.5 Å². The Morgan fingerprint density at radius 1 is 1.29 bits per heavy atom. The fraction of sp³-hybridized carbons (Fsp3) is 0.706. The Bertz CT molecular complexity index is 651. The van der Waals surface area contributed by atoms with Crippen LogP contribution in [0.4, 0.5) is 0 Å². The van der Waals surface area contributed by atoms with Gasteiger partial charge in [0, 0.05) is 25.7 Å². The summed E-state index contributed by atoms with van der Waals surface area (Å²) in [5.41, 5.74) is 0. The monoisotopic (exact) mass is 370 g/mol. The van der Waals surface area contributed by atoms with E-state index in [4.69, 9.17) is 0 Å². The van der Waals surface area contributed by atoms with Gasteiger partial charge in [-0.15, -0.1) is 11.3 Å². The Morgan fingerprint density at radius 3 is 2.67 bits per heavy atom. The van der Waals surface area contributed by atoms with Crippen LogP contribution in [-0.2, 0) is 14.8 Å². The zero-order valence-corrected chi connectivity index (χ0v) is 15.8. The van der Waals surface area contributed by atoms with Crippen molar-refractivity contribution in [1.82, 2.24) is 9.21 Å². The number of hydrogen-bond donors (Lipinski definition) is 0. The molecule has 2 heterocycles. The largest absolute Gasteiger partial charge is 0.340 e. The molecule has 1 aromatic rings. The van der Waals surface area contributed by atoms with Crippen LogP contribution in [0.3, 0.4) is 0 Å². The maximum absolute atomic E-state index is 13.0. The van der Waals surface area contributed by atoms with Crippen molar-refractivity contribution in [3.63, 3.8) is 0 Å². The van der Waals surface area contributed by atoms with Crippen LogP contribution >= 0.6 is 11.3 Å². The SMILES string of the molecule is CCN(C(=O)C1CCCN(S(=O)(=O)c2cccs2)C1)C1CCCC1. The highest BCUT2D eigenvalue weighted by atomic mass is 32.2. The Labute approximate surface area is 148 Å². The molecule has 0 N–H and O–H groups in total. The summed E-state index contributed by atoms with van der Waals surface area (Å²) < 4.78 is 27.3. The Balaban J connectivity index is 1.72. The van der Waals surface area contributed by atoms with Crippen molar-refractivity contribution in [2.45, 2.75) is 55.7 Å². The van der Waals surface area contributed by atoms with Gasteiger partial charge in [-0.25, -0.2) is 8.42 Å². The molecule has 1 atom stereocenters. The van der Waals surface area contributed by atoms with Crippen molar-refractivity contribution in [2.24, 2.45) is 5.92 Å². The second kappa shape index (κ2) is 7.54. The van der Waals surface area contributed by atoms with Gasteiger partial charge in [-0.2, -0.15) is 4.31 Å². The summed E-state index contributed by atoms with van der Waals surface area (Å²) in [5.74, 6) is -0.0514. The van der Waals surface area contributed by atoms with Crippen molar-refractivity contribution in [2.75, 3.05) is 19.6 Å². The van der Waals surface area contributed by atoms with E-state index in [0.717, 1.165) is 32.2 Å². The van der Waals surface area contributed by atoms with Gasteiger partial charge in [0.15, 0.2) is 0 Å². The minimum absolute atomic E-state index is 0.149. The number of carbonyl (C=O) groups excluding carboxylic acids is 1. The van der Waals surface area contributed by atoms with Crippen LogP contribution in [0, 0.1) is 5.92 Å². The van der Waals surface area contributed by atoms with Crippen molar-refractivity contribution >= 4 is 27.3 Å². The number of thiophene rings is 1. The molecule has 2 fully saturated rings. The van der Waals surface area contributed by atoms with Crippen LogP contribution < -0.4 is 0 Å². The quantitative estimate of drug-likeness (QED) is 0.801. The number of sulfonamides is 1. The van der Waals surface area contributed by atoms with Gasteiger partial charge in [0.05, 0.1) is 5.92 Å². The van der Waals surface area contributed by atoms with Crippen LogP contribution in [0.15, 0.2) is 21.7 Å². The van der Waals surface area contributed by atoms with Gasteiger partial charge in [0.1, 0.15) is 4.21 Å². The first kappa shape index (κ1) is 17.9. The predicted octanol–water partition coefficient (Wildman–Crippen LogP) is 2.94. The van der Waals surface area contributed by atoms with Gasteiger partial charge in [0.25, 0.3) is 10.0 Å². The van der Waals surface area contributed by atoms with Crippen LogP contribution in [0.25, 0.3) is 0 Å². The van der Waals surface area contributed by atoms with Gasteiger partial charge < -0.3 is 4.90 Å². The Morgan fingerprint density at radius 2 is 2.04 bits per heavy atom. The smallest absolute Gasteiger partial charge is 0.252 e. The lowest BCUT2D eigenvalue weighted by Gasteiger charge is -2.36. The van der Waals surface area contributed by atoms with Crippen molar-refractivity contribution in [3.05, 3.63) is 17.5 Å². The van der Waals surface area contributed by atoms with E-state index in [1.807, 2.05) is 11.8 Å². The molecule has 7 heteroatoms. The first-order valence-electron chi connectivity index (χ1n) is 8.88. The molecule has 134 valence electrons. The summed E-state index contributed by atoms with van der Waals surface area (Å²) in [6.45, 7) is 3.58. The molecule has 2 aliphatic rings. The number of rotatable bonds is 5. The Kier molecular flexibility index (Phi) is 5.62. The fourth-order valence-electron chi connectivity index (χ4n) is 3.94. The zero-order chi connectivity index (χ0) is 17.2. The van der Waals surface area contributed by atoms with E-state index in [-0.39, 0.29) is 11.8 Å². The van der Waals surface area contributed by atoms with E-state index in [9.17, 15) is 13.2 Å². The number of carbonyl (C=O) groups is 1. The van der Waals surface area contributed by atoms with E-state index in [2.05, 4.69) is 0 Å². The van der Waals surface area contributed by atoms with E-state index in [0.29, 0.717) is 23.3 Å². The second-order valence-electron chi connectivity index (χ2n) is 6.70. The van der Waals surface area contributed by atoms with Gasteiger partial charge in [-0.05, 0) is 44.1 Å². The highest BCUT2D eigenvalue weighted by Gasteiger charge is 2.37. The third kappa shape index (κ3) is 3.53. The Hall–Kier alpha value is -0.920. The average Bonchev–Trinajstić information content (AvgIpc) is 3.29. The maximum Gasteiger partial charge on any atom is 0.252 e. The van der Waals surface area contributed by atoms with Crippen molar-refractivity contribution < 1.29 is 13.2 Å². The van der Waals surface area contributed by atoms with Gasteiger partial charge in [-0.1, -0.05) is 18.9 Å². The molecule has 1 aliphatic carbocycles. The number of piperidine rings is 1. The lowest BCUT2D eigenvalue weighted by atomic mass is 9.97. The highest BCUT2D eigenvalue weighted by Crippen LogP contribution is 2.29. The fourth-order valence-corrected chi connectivity index (χ4v) is 6.61. The normalized spacial score (nSPS) is 23.5. The molecule has 1 unspecified atom stereocenters. The third-order valence-electron chi connectivity index (χ3n) is 5.21. The first-order chi connectivity index (χ1) is 11.5. The molecule has 1 saturated heterocycles. The molecule has 1 aliphatic heterocycles. The molecule has 0 bridgehead atoms. The first-order valence-corrected chi connectivity index (χ1v) is 11.2. The van der Waals surface area contributed by atoms with E-state index < -0.39 is 10.0 Å². The van der Waals surface area contributed by atoms with Gasteiger partial charge in [-0.3, -0.25) is 4.79 Å². The second-order valence-corrected chi connectivity index (χ2v) is 9.81. The topological polar surface area (TPSA) is 57.7 Å². The lowest BCUT2D eigenvalue weighted by Crippen LogP contribution is -2.48. The molecule has 1 amide bonds. The van der Waals surface area contributed by atoms with E-state index >= 15 is 0 Å². The van der Waals surface area contributed by atoms with Crippen LogP contribution in [0.1, 0.15) is 45.4 Å². The standard InChI is InChI=1S/C17H26N2O3S2/c1-2-19(15-8-3-4-9-15)17(20)14-7-5-11-18(13-14)24(21,22)16-10-6-12-23-16/h6,10,12,14-15H,2-5,7-9,11,13H2,1H3. The van der Waals surface area contributed by atoms with Gasteiger partial charge in [0.2, 0.25) is 5.91 Å². The molecule has 1 aromatic heterocycles. The number of nitrogens with zero attached hydrogens (tertiary/aromatic N) is 2. The third-order valence-corrected chi connectivity index (χ3v) is 8.45. The molecule has 1 saturated carbocycles. The summed E-state index contributed by atoms with van der Waals surface area (Å²) in [7, 11) is -3.46. The average molecular weight is 371 g/mol. The predicted molar refractivity (Wildman–Crippen MR) is 95.4 cm³/mol. The minimum atomic E-state index is -3.46. The number of hydrogen-bond acceptors (Lipinski definition) is 4. The van der Waals surface area contributed by atoms with E-state index in [1.54, 1.807) is 17.5 Å². The molecule has 0 spiro atoms. The summed E-state index contributed by atoms with van der Waals surface area (Å²) >= 11 is 1.24. The summed E-state index contributed by atoms with van der Waals surface area (Å²) in [6.07, 6.45) is 6.10. The minimum Gasteiger partial charge on any atom is -0.340 e. The molecular weight excluding hydrogens is 344 g/mol. The summed E-state index contributed by atoms with van der Waals surface area (Å²) in [4.78, 5) is 15.0. The van der Waals surface area contributed by atoms with Crippen molar-refractivity contribution in [1.29, 1.82) is 0 Å². The van der Waals surface area contributed by atoms with Crippen LogP contribution in [0.5, 0.6) is 0 Å². The zero-order valence-electron chi connectivity index (χ0n) is 14.2. The summed E-state index contributed by atoms with van der Waals surface area (Å²) in [5, 5.41) is 1.78. The molecule has 24 heavy (non-hydrogen) atoms. The maximum atomic E-state index is 13.0. The lowest BCUT2D eigenvalue weighted by molar-refractivity contribution is -0.138.